The third kappa shape index (κ3) is 2.39. The lowest BCUT2D eigenvalue weighted by Gasteiger charge is -2.06. The predicted molar refractivity (Wildman–Crippen MR) is 78.4 cm³/mol. The van der Waals surface area contributed by atoms with Crippen LogP contribution in [0.15, 0.2) is 48.8 Å². The van der Waals surface area contributed by atoms with Gasteiger partial charge in [0.2, 0.25) is 0 Å². The van der Waals surface area contributed by atoms with Gasteiger partial charge in [0.15, 0.2) is 0 Å². The molecule has 0 aliphatic heterocycles. The van der Waals surface area contributed by atoms with Gasteiger partial charge in [0.1, 0.15) is 0 Å². The van der Waals surface area contributed by atoms with Crippen LogP contribution in [0.2, 0.25) is 0 Å². The summed E-state index contributed by atoms with van der Waals surface area (Å²) in [6, 6.07) is 12.8. The zero-order valence-corrected chi connectivity index (χ0v) is 10.8. The third-order valence-corrected chi connectivity index (χ3v) is 3.13. The average Bonchev–Trinajstić information content (AvgIpc) is 2.95. The number of benzene rings is 2. The number of hydrogen-bond acceptors (Lipinski definition) is 3. The zero-order valence-electron chi connectivity index (χ0n) is 10.8. The van der Waals surface area contributed by atoms with Crippen molar-refractivity contribution in [2.45, 2.75) is 6.54 Å². The number of carbonyl (C=O) groups is 1. The predicted octanol–water partition coefficient (Wildman–Crippen LogP) is 2.27. The van der Waals surface area contributed by atoms with Crippen molar-refractivity contribution in [2.24, 2.45) is 5.73 Å². The molecular weight excluding hydrogens is 252 g/mol. The second kappa shape index (κ2) is 5.14. The number of H-pyrrole nitrogens is 1. The largest absolute Gasteiger partial charge is 0.345 e. The van der Waals surface area contributed by atoms with E-state index in [1.807, 2.05) is 30.3 Å². The van der Waals surface area contributed by atoms with E-state index in [2.05, 4.69) is 15.3 Å². The Hall–Kier alpha value is -2.66. The lowest BCUT2D eigenvalue weighted by molar-refractivity contribution is 0.102. The monoisotopic (exact) mass is 266 g/mol. The molecule has 0 radical (unpaired) electrons. The van der Waals surface area contributed by atoms with Crippen molar-refractivity contribution in [1.29, 1.82) is 0 Å². The Bertz CT molecular complexity index is 746. The molecule has 0 unspecified atom stereocenters. The Kier molecular flexibility index (Phi) is 3.18. The Labute approximate surface area is 115 Å². The van der Waals surface area contributed by atoms with Crippen molar-refractivity contribution in [2.75, 3.05) is 5.32 Å². The first-order chi connectivity index (χ1) is 9.76. The van der Waals surface area contributed by atoms with E-state index < -0.39 is 0 Å². The molecule has 5 heteroatoms. The summed E-state index contributed by atoms with van der Waals surface area (Å²) < 4.78 is 0. The van der Waals surface area contributed by atoms with Gasteiger partial charge in [-0.2, -0.15) is 0 Å². The molecule has 2 aromatic carbocycles. The molecule has 3 rings (SSSR count). The van der Waals surface area contributed by atoms with Crippen LogP contribution in [0.4, 0.5) is 5.69 Å². The van der Waals surface area contributed by atoms with Gasteiger partial charge in [0, 0.05) is 17.8 Å². The average molecular weight is 266 g/mol. The summed E-state index contributed by atoms with van der Waals surface area (Å²) in [5.41, 5.74) is 9.59. The number of nitrogens with one attached hydrogen (secondary N) is 2. The molecular formula is C15H14N4O. The summed E-state index contributed by atoms with van der Waals surface area (Å²) in [7, 11) is 0. The van der Waals surface area contributed by atoms with E-state index in [4.69, 9.17) is 5.73 Å². The number of nitrogens with zero attached hydrogens (tertiary/aromatic N) is 1. The second-order valence-electron chi connectivity index (χ2n) is 4.49. The normalized spacial score (nSPS) is 10.7. The van der Waals surface area contributed by atoms with Gasteiger partial charge in [-0.25, -0.2) is 4.98 Å². The van der Waals surface area contributed by atoms with Crippen molar-refractivity contribution in [3.8, 4) is 0 Å². The molecule has 1 heterocycles. The quantitative estimate of drug-likeness (QED) is 0.680. The van der Waals surface area contributed by atoms with E-state index >= 15 is 0 Å². The number of aromatic amines is 1. The molecule has 0 saturated carbocycles. The van der Waals surface area contributed by atoms with Gasteiger partial charge in [-0.1, -0.05) is 12.1 Å². The van der Waals surface area contributed by atoms with Gasteiger partial charge in [0.05, 0.1) is 17.4 Å². The van der Waals surface area contributed by atoms with Crippen LogP contribution in [0.1, 0.15) is 15.9 Å². The van der Waals surface area contributed by atoms with Gasteiger partial charge in [0.25, 0.3) is 5.91 Å². The van der Waals surface area contributed by atoms with Crippen LogP contribution in [0.3, 0.4) is 0 Å². The van der Waals surface area contributed by atoms with E-state index in [-0.39, 0.29) is 5.91 Å². The van der Waals surface area contributed by atoms with Crippen LogP contribution in [0.25, 0.3) is 11.0 Å². The van der Waals surface area contributed by atoms with Crippen LogP contribution in [-0.4, -0.2) is 15.9 Å². The highest BCUT2D eigenvalue weighted by Gasteiger charge is 2.07. The van der Waals surface area contributed by atoms with Gasteiger partial charge in [-0.05, 0) is 35.9 Å². The second-order valence-corrected chi connectivity index (χ2v) is 4.49. The van der Waals surface area contributed by atoms with Gasteiger partial charge in [-0.3, -0.25) is 4.79 Å². The standard InChI is InChI=1S/C15H14N4O/c16-8-10-1-4-12(5-2-10)19-15(20)11-3-6-13-14(7-11)18-9-17-13/h1-7,9H,8,16H2,(H,17,18)(H,19,20). The van der Waals surface area contributed by atoms with E-state index in [1.54, 1.807) is 18.5 Å². The molecule has 5 nitrogen and oxygen atoms in total. The maximum atomic E-state index is 12.2. The minimum atomic E-state index is -0.151. The van der Waals surface area contributed by atoms with E-state index in [0.29, 0.717) is 12.1 Å². The number of amides is 1. The molecule has 1 amide bonds. The number of nitrogens with two attached hydrogens (primary N) is 1. The first-order valence-corrected chi connectivity index (χ1v) is 6.30. The molecule has 0 aliphatic rings. The summed E-state index contributed by atoms with van der Waals surface area (Å²) in [6.07, 6.45) is 1.61. The number of hydrogen-bond donors (Lipinski definition) is 3. The van der Waals surface area contributed by atoms with Gasteiger partial charge >= 0.3 is 0 Å². The van der Waals surface area contributed by atoms with Crippen LogP contribution >= 0.6 is 0 Å². The van der Waals surface area contributed by atoms with Crippen LogP contribution < -0.4 is 11.1 Å². The number of fused-ring (bicyclic) bond motifs is 1. The Morgan fingerprint density at radius 1 is 1.20 bits per heavy atom. The fourth-order valence-electron chi connectivity index (χ4n) is 2.00. The summed E-state index contributed by atoms with van der Waals surface area (Å²) in [6.45, 7) is 0.491. The minimum absolute atomic E-state index is 0.151. The number of aromatic nitrogens is 2. The molecule has 3 aromatic rings. The summed E-state index contributed by atoms with van der Waals surface area (Å²) in [5.74, 6) is -0.151. The number of anilines is 1. The molecule has 0 atom stereocenters. The Morgan fingerprint density at radius 3 is 2.75 bits per heavy atom. The highest BCUT2D eigenvalue weighted by molar-refractivity contribution is 6.05. The zero-order chi connectivity index (χ0) is 13.9. The lowest BCUT2D eigenvalue weighted by atomic mass is 10.1. The molecule has 0 bridgehead atoms. The lowest BCUT2D eigenvalue weighted by Crippen LogP contribution is -2.11. The Morgan fingerprint density at radius 2 is 2.00 bits per heavy atom. The summed E-state index contributed by atoms with van der Waals surface area (Å²) >= 11 is 0. The van der Waals surface area contributed by atoms with Crippen molar-refractivity contribution in [1.82, 2.24) is 9.97 Å². The third-order valence-electron chi connectivity index (χ3n) is 3.13. The Balaban J connectivity index is 1.80. The number of carbonyl (C=O) groups excluding carboxylic acids is 1. The highest BCUT2D eigenvalue weighted by Crippen LogP contribution is 2.14. The van der Waals surface area contributed by atoms with Gasteiger partial charge < -0.3 is 16.0 Å². The maximum Gasteiger partial charge on any atom is 0.255 e. The van der Waals surface area contributed by atoms with Crippen LogP contribution in [-0.2, 0) is 6.54 Å². The van der Waals surface area contributed by atoms with Crippen LogP contribution in [0, 0.1) is 0 Å². The first kappa shape index (κ1) is 12.4. The van der Waals surface area contributed by atoms with E-state index in [1.165, 1.54) is 0 Å². The summed E-state index contributed by atoms with van der Waals surface area (Å²) in [4.78, 5) is 19.3. The minimum Gasteiger partial charge on any atom is -0.345 e. The molecule has 0 saturated heterocycles. The van der Waals surface area contributed by atoms with Crippen LogP contribution in [0.5, 0.6) is 0 Å². The fourth-order valence-corrected chi connectivity index (χ4v) is 2.00. The fraction of sp³-hybridized carbons (Fsp3) is 0.0667. The molecule has 100 valence electrons. The maximum absolute atomic E-state index is 12.2. The van der Waals surface area contributed by atoms with Crippen molar-refractivity contribution in [3.63, 3.8) is 0 Å². The van der Waals surface area contributed by atoms with Crippen molar-refractivity contribution in [3.05, 3.63) is 59.9 Å². The molecule has 4 N–H and O–H groups in total. The molecule has 0 fully saturated rings. The van der Waals surface area contributed by atoms with Gasteiger partial charge in [-0.15, -0.1) is 0 Å². The molecule has 1 aromatic heterocycles. The number of rotatable bonds is 3. The number of imidazole rings is 1. The smallest absolute Gasteiger partial charge is 0.255 e. The topological polar surface area (TPSA) is 83.8 Å². The first-order valence-electron chi connectivity index (χ1n) is 6.30. The highest BCUT2D eigenvalue weighted by atomic mass is 16.1. The van der Waals surface area contributed by atoms with Crippen molar-refractivity contribution >= 4 is 22.6 Å². The summed E-state index contributed by atoms with van der Waals surface area (Å²) in [5, 5.41) is 2.85. The molecule has 0 aliphatic carbocycles. The van der Waals surface area contributed by atoms with E-state index in [0.717, 1.165) is 22.3 Å². The van der Waals surface area contributed by atoms with Crippen molar-refractivity contribution < 1.29 is 4.79 Å². The molecule has 0 spiro atoms. The molecule has 20 heavy (non-hydrogen) atoms. The van der Waals surface area contributed by atoms with E-state index in [9.17, 15) is 4.79 Å². The SMILES string of the molecule is NCc1ccc(NC(=O)c2ccc3nc[nH]c3c2)cc1.